The van der Waals surface area contributed by atoms with Crippen LogP contribution in [0.25, 0.3) is 0 Å². The molecule has 1 aromatic rings. The lowest BCUT2D eigenvalue weighted by molar-refractivity contribution is 0.0900. The number of nitrogen functional groups attached to an aromatic ring is 1. The lowest BCUT2D eigenvalue weighted by Crippen LogP contribution is -2.46. The van der Waals surface area contributed by atoms with E-state index in [1.54, 1.807) is 18.2 Å². The number of nitrogens with zero attached hydrogens (tertiary/aromatic N) is 1. The summed E-state index contributed by atoms with van der Waals surface area (Å²) in [5.41, 5.74) is 7.00. The van der Waals surface area contributed by atoms with Crippen LogP contribution in [-0.4, -0.2) is 42.6 Å². The van der Waals surface area contributed by atoms with Crippen LogP contribution in [0.1, 0.15) is 44.0 Å². The fourth-order valence-electron chi connectivity index (χ4n) is 2.79. The Bertz CT molecular complexity index is 509. The minimum atomic E-state index is -0.0519. The Balaban J connectivity index is 1.94. The molecule has 1 saturated heterocycles. The van der Waals surface area contributed by atoms with Gasteiger partial charge in [-0.15, -0.1) is 0 Å². The van der Waals surface area contributed by atoms with Gasteiger partial charge >= 0.3 is 0 Å². The first-order chi connectivity index (χ1) is 10.5. The molecule has 1 heterocycles. The lowest BCUT2D eigenvalue weighted by atomic mass is 10.0. The van der Waals surface area contributed by atoms with Crippen molar-refractivity contribution in [3.8, 4) is 5.75 Å². The molecule has 0 aromatic heterocycles. The monoisotopic (exact) mass is 305 g/mol. The van der Waals surface area contributed by atoms with Crippen LogP contribution < -0.4 is 15.8 Å². The van der Waals surface area contributed by atoms with Crippen molar-refractivity contribution in [3.05, 3.63) is 23.8 Å². The van der Waals surface area contributed by atoms with Gasteiger partial charge in [0.25, 0.3) is 5.91 Å². The van der Waals surface area contributed by atoms with E-state index in [-0.39, 0.29) is 11.9 Å². The SMILES string of the molecule is CCOc1cc(C(=O)NC2CCN(C(C)C)CC2)ccc1N. The van der Waals surface area contributed by atoms with E-state index < -0.39 is 0 Å². The third-order valence-electron chi connectivity index (χ3n) is 4.17. The molecule has 5 heteroatoms. The molecule has 1 aromatic carbocycles. The molecular weight excluding hydrogens is 278 g/mol. The Morgan fingerprint density at radius 2 is 2.09 bits per heavy atom. The predicted octanol–water partition coefficient (Wildman–Crippen LogP) is 2.27. The van der Waals surface area contributed by atoms with Crippen LogP contribution in [0.3, 0.4) is 0 Å². The average molecular weight is 305 g/mol. The fourth-order valence-corrected chi connectivity index (χ4v) is 2.79. The predicted molar refractivity (Wildman–Crippen MR) is 89.2 cm³/mol. The molecule has 5 nitrogen and oxygen atoms in total. The normalized spacial score (nSPS) is 16.7. The molecule has 1 aliphatic heterocycles. The van der Waals surface area contributed by atoms with Gasteiger partial charge in [0.1, 0.15) is 5.75 Å². The van der Waals surface area contributed by atoms with Gasteiger partial charge < -0.3 is 20.7 Å². The highest BCUT2D eigenvalue weighted by atomic mass is 16.5. The minimum absolute atomic E-state index is 0.0519. The number of anilines is 1. The topological polar surface area (TPSA) is 67.6 Å². The lowest BCUT2D eigenvalue weighted by Gasteiger charge is -2.34. The number of nitrogens with two attached hydrogens (primary N) is 1. The smallest absolute Gasteiger partial charge is 0.251 e. The van der Waals surface area contributed by atoms with E-state index in [1.165, 1.54) is 0 Å². The minimum Gasteiger partial charge on any atom is -0.492 e. The van der Waals surface area contributed by atoms with Gasteiger partial charge in [0.15, 0.2) is 0 Å². The molecule has 22 heavy (non-hydrogen) atoms. The number of ether oxygens (including phenoxy) is 1. The highest BCUT2D eigenvalue weighted by molar-refractivity contribution is 5.95. The highest BCUT2D eigenvalue weighted by Gasteiger charge is 2.22. The standard InChI is InChI=1S/C17H27N3O2/c1-4-22-16-11-13(5-6-15(16)18)17(21)19-14-7-9-20(10-8-14)12(2)3/h5-6,11-12,14H,4,7-10,18H2,1-3H3,(H,19,21). The Morgan fingerprint density at radius 1 is 1.41 bits per heavy atom. The largest absolute Gasteiger partial charge is 0.492 e. The highest BCUT2D eigenvalue weighted by Crippen LogP contribution is 2.23. The summed E-state index contributed by atoms with van der Waals surface area (Å²) >= 11 is 0. The third-order valence-corrected chi connectivity index (χ3v) is 4.17. The number of benzene rings is 1. The first-order valence-corrected chi connectivity index (χ1v) is 8.08. The molecule has 0 saturated carbocycles. The van der Waals surface area contributed by atoms with Gasteiger partial charge in [-0.2, -0.15) is 0 Å². The molecule has 0 atom stereocenters. The van der Waals surface area contributed by atoms with Crippen molar-refractivity contribution in [2.45, 2.75) is 45.7 Å². The van der Waals surface area contributed by atoms with Crippen LogP contribution in [0.4, 0.5) is 5.69 Å². The number of piperidine rings is 1. The molecule has 1 aliphatic rings. The number of carbonyl (C=O) groups is 1. The van der Waals surface area contributed by atoms with Crippen LogP contribution >= 0.6 is 0 Å². The van der Waals surface area contributed by atoms with Crippen LogP contribution in [0.5, 0.6) is 5.75 Å². The van der Waals surface area contributed by atoms with Gasteiger partial charge in [-0.1, -0.05) is 0 Å². The second-order valence-corrected chi connectivity index (χ2v) is 6.06. The van der Waals surface area contributed by atoms with Gasteiger partial charge in [0, 0.05) is 30.7 Å². The summed E-state index contributed by atoms with van der Waals surface area (Å²) in [5, 5.41) is 3.12. The number of hydrogen-bond donors (Lipinski definition) is 2. The Kier molecular flexibility index (Phi) is 5.66. The molecular formula is C17H27N3O2. The maximum Gasteiger partial charge on any atom is 0.251 e. The zero-order valence-electron chi connectivity index (χ0n) is 13.8. The second-order valence-electron chi connectivity index (χ2n) is 6.06. The molecule has 0 radical (unpaired) electrons. The van der Waals surface area contributed by atoms with Crippen molar-refractivity contribution in [1.82, 2.24) is 10.2 Å². The van der Waals surface area contributed by atoms with Gasteiger partial charge in [-0.05, 0) is 51.8 Å². The number of nitrogens with one attached hydrogen (secondary N) is 1. The van der Waals surface area contributed by atoms with Crippen molar-refractivity contribution in [2.75, 3.05) is 25.4 Å². The van der Waals surface area contributed by atoms with Gasteiger partial charge in [0.2, 0.25) is 0 Å². The van der Waals surface area contributed by atoms with Crippen LogP contribution in [0, 0.1) is 0 Å². The molecule has 1 fully saturated rings. The first-order valence-electron chi connectivity index (χ1n) is 8.08. The van der Waals surface area contributed by atoms with Crippen molar-refractivity contribution < 1.29 is 9.53 Å². The van der Waals surface area contributed by atoms with E-state index >= 15 is 0 Å². The average Bonchev–Trinajstić information content (AvgIpc) is 2.50. The molecule has 0 bridgehead atoms. The Labute approximate surface area is 132 Å². The summed E-state index contributed by atoms with van der Waals surface area (Å²) in [6, 6.07) is 6.01. The van der Waals surface area contributed by atoms with Crippen LogP contribution in [-0.2, 0) is 0 Å². The van der Waals surface area contributed by atoms with E-state index in [0.29, 0.717) is 29.6 Å². The molecule has 0 aliphatic carbocycles. The van der Waals surface area contributed by atoms with Crippen molar-refractivity contribution in [2.24, 2.45) is 0 Å². The van der Waals surface area contributed by atoms with Crippen LogP contribution in [0.2, 0.25) is 0 Å². The maximum atomic E-state index is 12.4. The Morgan fingerprint density at radius 3 is 2.68 bits per heavy atom. The molecule has 122 valence electrons. The zero-order chi connectivity index (χ0) is 16.1. The number of hydrogen-bond acceptors (Lipinski definition) is 4. The molecule has 2 rings (SSSR count). The third kappa shape index (κ3) is 4.13. The summed E-state index contributed by atoms with van der Waals surface area (Å²) in [7, 11) is 0. The summed E-state index contributed by atoms with van der Waals surface area (Å²) in [6.45, 7) is 8.92. The first kappa shape index (κ1) is 16.6. The Hall–Kier alpha value is -1.75. The summed E-state index contributed by atoms with van der Waals surface area (Å²) in [6.07, 6.45) is 1.99. The quantitative estimate of drug-likeness (QED) is 0.819. The molecule has 0 unspecified atom stereocenters. The van der Waals surface area contributed by atoms with Crippen LogP contribution in [0.15, 0.2) is 18.2 Å². The number of amides is 1. The van der Waals surface area contributed by atoms with E-state index in [1.807, 2.05) is 6.92 Å². The van der Waals surface area contributed by atoms with Crippen molar-refractivity contribution in [1.29, 1.82) is 0 Å². The maximum absolute atomic E-state index is 12.4. The van der Waals surface area contributed by atoms with Gasteiger partial charge in [0.05, 0.1) is 12.3 Å². The molecule has 0 spiro atoms. The fraction of sp³-hybridized carbons (Fsp3) is 0.588. The summed E-state index contributed by atoms with van der Waals surface area (Å²) in [5.74, 6) is 0.522. The number of likely N-dealkylation sites (tertiary alicyclic amines) is 1. The van der Waals surface area contributed by atoms with Crippen molar-refractivity contribution in [3.63, 3.8) is 0 Å². The van der Waals surface area contributed by atoms with Crippen molar-refractivity contribution >= 4 is 11.6 Å². The molecule has 3 N–H and O–H groups in total. The summed E-state index contributed by atoms with van der Waals surface area (Å²) in [4.78, 5) is 14.8. The van der Waals surface area contributed by atoms with Gasteiger partial charge in [-0.3, -0.25) is 4.79 Å². The summed E-state index contributed by atoms with van der Waals surface area (Å²) < 4.78 is 5.45. The number of rotatable bonds is 5. The van der Waals surface area contributed by atoms with E-state index in [0.717, 1.165) is 25.9 Å². The van der Waals surface area contributed by atoms with E-state index in [2.05, 4.69) is 24.1 Å². The van der Waals surface area contributed by atoms with E-state index in [9.17, 15) is 4.79 Å². The zero-order valence-corrected chi connectivity index (χ0v) is 13.8. The van der Waals surface area contributed by atoms with Gasteiger partial charge in [-0.25, -0.2) is 0 Å². The molecule has 1 amide bonds. The van der Waals surface area contributed by atoms with E-state index in [4.69, 9.17) is 10.5 Å². The number of carbonyl (C=O) groups excluding carboxylic acids is 1. The second kappa shape index (κ2) is 7.49.